The number of nitrogens with one attached hydrogen (secondary N) is 3. The van der Waals surface area contributed by atoms with Gasteiger partial charge in [0.15, 0.2) is 5.13 Å². The lowest BCUT2D eigenvalue weighted by Gasteiger charge is -2.11. The maximum Gasteiger partial charge on any atom is 0.217 e. The normalized spacial score (nSPS) is 16.0. The molecule has 1 saturated heterocycles. The number of aromatic nitrogens is 3. The van der Waals surface area contributed by atoms with Crippen LogP contribution in [0, 0.1) is 12.8 Å². The highest BCUT2D eigenvalue weighted by molar-refractivity contribution is 7.93. The van der Waals surface area contributed by atoms with Crippen molar-refractivity contribution < 1.29 is 13.2 Å². The van der Waals surface area contributed by atoms with Gasteiger partial charge >= 0.3 is 0 Å². The van der Waals surface area contributed by atoms with Crippen LogP contribution in [0.2, 0.25) is 0 Å². The number of nitrogens with zero attached hydrogens (tertiary/aromatic N) is 3. The highest BCUT2D eigenvalue weighted by Gasteiger charge is 2.22. The molecular formula is C22H28N6O3S2. The topological polar surface area (TPSA) is 118 Å². The van der Waals surface area contributed by atoms with Gasteiger partial charge in [0, 0.05) is 12.6 Å². The Bertz CT molecular complexity index is 1190. The summed E-state index contributed by atoms with van der Waals surface area (Å²) >= 11 is 1.06. The van der Waals surface area contributed by atoms with Gasteiger partial charge in [0.25, 0.3) is 0 Å². The Hall–Kier alpha value is -2.76. The van der Waals surface area contributed by atoms with E-state index in [-0.39, 0.29) is 9.10 Å². The first-order chi connectivity index (χ1) is 15.9. The van der Waals surface area contributed by atoms with Gasteiger partial charge in [0.1, 0.15) is 27.4 Å². The van der Waals surface area contributed by atoms with Crippen LogP contribution in [-0.2, 0) is 9.84 Å². The second-order valence-corrected chi connectivity index (χ2v) is 11.0. The predicted octanol–water partition coefficient (Wildman–Crippen LogP) is 3.63. The number of benzene rings is 1. The van der Waals surface area contributed by atoms with Crippen molar-refractivity contribution in [3.8, 4) is 5.75 Å². The first-order valence-corrected chi connectivity index (χ1v) is 13.2. The molecule has 0 radical (unpaired) electrons. The summed E-state index contributed by atoms with van der Waals surface area (Å²) in [5, 5.41) is 10.3. The third-order valence-electron chi connectivity index (χ3n) is 5.27. The maximum atomic E-state index is 13.0. The van der Waals surface area contributed by atoms with Crippen LogP contribution in [0.5, 0.6) is 5.75 Å². The van der Waals surface area contributed by atoms with E-state index >= 15 is 0 Å². The highest BCUT2D eigenvalue weighted by atomic mass is 32.2. The molecule has 1 aromatic carbocycles. The Labute approximate surface area is 198 Å². The van der Waals surface area contributed by atoms with E-state index in [1.165, 1.54) is 18.7 Å². The van der Waals surface area contributed by atoms with Gasteiger partial charge in [0.2, 0.25) is 9.84 Å². The van der Waals surface area contributed by atoms with Gasteiger partial charge in [-0.15, -0.1) is 0 Å². The standard InChI is InChI=1S/C22H28N6O3S2/c1-3-31-17-5-4-6-18(11-17)33(29,30)21-14-25-22(32-21)28-20-12-19(26-15(2)27-20)24-10-8-16-7-9-23-13-16/h4-6,11-12,14,16,23H,3,7-10,13H2,1-2H3,(H2,24,25,26,27,28). The van der Waals surface area contributed by atoms with Crippen LogP contribution in [0.15, 0.2) is 45.6 Å². The first kappa shape index (κ1) is 23.4. The van der Waals surface area contributed by atoms with Gasteiger partial charge < -0.3 is 20.7 Å². The fourth-order valence-corrected chi connectivity index (χ4v) is 6.13. The minimum atomic E-state index is -3.70. The molecule has 0 saturated carbocycles. The van der Waals surface area contributed by atoms with E-state index in [4.69, 9.17) is 4.74 Å². The van der Waals surface area contributed by atoms with Crippen molar-refractivity contribution in [2.24, 2.45) is 5.92 Å². The number of hydrogen-bond donors (Lipinski definition) is 3. The summed E-state index contributed by atoms with van der Waals surface area (Å²) in [5.74, 6) is 3.12. The van der Waals surface area contributed by atoms with E-state index in [0.29, 0.717) is 35.0 Å². The van der Waals surface area contributed by atoms with Crippen LogP contribution in [0.4, 0.5) is 16.8 Å². The molecular weight excluding hydrogens is 460 g/mol. The van der Waals surface area contributed by atoms with Crippen molar-refractivity contribution >= 4 is 37.9 Å². The largest absolute Gasteiger partial charge is 0.494 e. The van der Waals surface area contributed by atoms with E-state index < -0.39 is 9.84 Å². The zero-order valence-corrected chi connectivity index (χ0v) is 20.3. The van der Waals surface area contributed by atoms with Gasteiger partial charge in [-0.05, 0) is 63.9 Å². The molecule has 0 amide bonds. The van der Waals surface area contributed by atoms with E-state index in [2.05, 4.69) is 30.9 Å². The highest BCUT2D eigenvalue weighted by Crippen LogP contribution is 2.31. The lowest BCUT2D eigenvalue weighted by Crippen LogP contribution is -2.13. The Morgan fingerprint density at radius 2 is 2.09 bits per heavy atom. The Kier molecular flexibility index (Phi) is 7.41. The summed E-state index contributed by atoms with van der Waals surface area (Å²) in [4.78, 5) is 13.3. The Morgan fingerprint density at radius 1 is 1.24 bits per heavy atom. The molecule has 176 valence electrons. The van der Waals surface area contributed by atoms with Gasteiger partial charge in [-0.25, -0.2) is 23.4 Å². The number of hydrogen-bond acceptors (Lipinski definition) is 10. The van der Waals surface area contributed by atoms with Crippen molar-refractivity contribution in [3.63, 3.8) is 0 Å². The first-order valence-electron chi connectivity index (χ1n) is 10.9. The zero-order chi connectivity index (χ0) is 23.3. The van der Waals surface area contributed by atoms with Crippen molar-refractivity contribution in [2.45, 2.75) is 35.8 Å². The summed E-state index contributed by atoms with van der Waals surface area (Å²) in [7, 11) is -3.70. The van der Waals surface area contributed by atoms with Crippen LogP contribution < -0.4 is 20.7 Å². The van der Waals surface area contributed by atoms with E-state index in [1.807, 2.05) is 13.8 Å². The Morgan fingerprint density at radius 3 is 2.88 bits per heavy atom. The van der Waals surface area contributed by atoms with Crippen molar-refractivity contribution in [3.05, 3.63) is 42.4 Å². The van der Waals surface area contributed by atoms with Gasteiger partial charge in [-0.2, -0.15) is 0 Å². The number of rotatable bonds is 10. The van der Waals surface area contributed by atoms with Crippen LogP contribution >= 0.6 is 11.3 Å². The SMILES string of the molecule is CCOc1cccc(S(=O)(=O)c2cnc(Nc3cc(NCCC4CCNC4)nc(C)n3)s2)c1. The summed E-state index contributed by atoms with van der Waals surface area (Å²) < 4.78 is 31.7. The molecule has 2 aromatic heterocycles. The molecule has 4 rings (SSSR count). The molecule has 3 heterocycles. The molecule has 0 aliphatic carbocycles. The van der Waals surface area contributed by atoms with E-state index in [1.54, 1.807) is 24.3 Å². The van der Waals surface area contributed by atoms with E-state index in [0.717, 1.165) is 43.2 Å². The third kappa shape index (κ3) is 5.98. The van der Waals surface area contributed by atoms with Crippen molar-refractivity contribution in [1.82, 2.24) is 20.3 Å². The number of ether oxygens (including phenoxy) is 1. The summed E-state index contributed by atoms with van der Waals surface area (Å²) in [5.41, 5.74) is 0. The monoisotopic (exact) mass is 488 g/mol. The molecule has 11 heteroatoms. The lowest BCUT2D eigenvalue weighted by molar-refractivity contribution is 0.339. The maximum absolute atomic E-state index is 13.0. The molecule has 1 fully saturated rings. The summed E-state index contributed by atoms with van der Waals surface area (Å²) in [6.07, 6.45) is 3.65. The fourth-order valence-electron chi connectivity index (χ4n) is 3.65. The number of aryl methyl sites for hydroxylation is 1. The molecule has 1 atom stereocenters. The average molecular weight is 489 g/mol. The number of anilines is 3. The molecule has 1 unspecified atom stereocenters. The van der Waals surface area contributed by atoms with Crippen LogP contribution in [0.1, 0.15) is 25.6 Å². The zero-order valence-electron chi connectivity index (χ0n) is 18.7. The summed E-state index contributed by atoms with van der Waals surface area (Å²) in [6.45, 7) is 7.14. The molecule has 1 aliphatic rings. The Balaban J connectivity index is 1.44. The quantitative estimate of drug-likeness (QED) is 0.393. The second-order valence-electron chi connectivity index (χ2n) is 7.78. The van der Waals surface area contributed by atoms with Crippen LogP contribution in [-0.4, -0.2) is 49.6 Å². The molecule has 0 bridgehead atoms. The van der Waals surface area contributed by atoms with Crippen LogP contribution in [0.25, 0.3) is 0 Å². The van der Waals surface area contributed by atoms with Gasteiger partial charge in [-0.1, -0.05) is 17.4 Å². The number of sulfone groups is 1. The second kappa shape index (κ2) is 10.4. The van der Waals surface area contributed by atoms with Crippen LogP contribution in [0.3, 0.4) is 0 Å². The third-order valence-corrected chi connectivity index (χ3v) is 8.40. The smallest absolute Gasteiger partial charge is 0.217 e. The lowest BCUT2D eigenvalue weighted by atomic mass is 10.1. The molecule has 33 heavy (non-hydrogen) atoms. The molecule has 3 N–H and O–H groups in total. The summed E-state index contributed by atoms with van der Waals surface area (Å²) in [6, 6.07) is 8.29. The van der Waals surface area contributed by atoms with E-state index in [9.17, 15) is 8.42 Å². The van der Waals surface area contributed by atoms with Crippen molar-refractivity contribution in [1.29, 1.82) is 0 Å². The minimum Gasteiger partial charge on any atom is -0.494 e. The minimum absolute atomic E-state index is 0.146. The molecule has 9 nitrogen and oxygen atoms in total. The van der Waals surface area contributed by atoms with Gasteiger partial charge in [0.05, 0.1) is 17.7 Å². The average Bonchev–Trinajstić information content (AvgIpc) is 3.46. The van der Waals surface area contributed by atoms with Crippen molar-refractivity contribution in [2.75, 3.05) is 36.9 Å². The molecule has 3 aromatic rings. The fraction of sp³-hybridized carbons (Fsp3) is 0.409. The molecule has 1 aliphatic heterocycles. The van der Waals surface area contributed by atoms with Gasteiger partial charge in [-0.3, -0.25) is 0 Å². The predicted molar refractivity (Wildman–Crippen MR) is 129 cm³/mol. The molecule has 0 spiro atoms. The number of thiazole rings is 1.